The van der Waals surface area contributed by atoms with Gasteiger partial charge in [-0.15, -0.1) is 0 Å². The van der Waals surface area contributed by atoms with Gasteiger partial charge in [-0.3, -0.25) is 4.98 Å². The van der Waals surface area contributed by atoms with Gasteiger partial charge in [0.2, 0.25) is 0 Å². The molecule has 26 heavy (non-hydrogen) atoms. The van der Waals surface area contributed by atoms with Gasteiger partial charge in [0, 0.05) is 17.4 Å². The number of hydrogen-bond acceptors (Lipinski definition) is 5. The molecule has 1 aliphatic rings. The maximum Gasteiger partial charge on any atom is 0.354 e. The third-order valence-corrected chi connectivity index (χ3v) is 4.56. The van der Waals surface area contributed by atoms with Gasteiger partial charge < -0.3 is 20.5 Å². The molecule has 0 aliphatic carbocycles. The fourth-order valence-electron chi connectivity index (χ4n) is 2.73. The fourth-order valence-corrected chi connectivity index (χ4v) is 2.96. The zero-order valence-corrected chi connectivity index (χ0v) is 15.0. The Morgan fingerprint density at radius 2 is 1.92 bits per heavy atom. The SMILES string of the molecule is CO/C(C)=C(\Cl)C1=C(C(=O)O)Nc2ccccc2C(c2ccccn2)N1. The number of carboxylic acid groups (broad SMARTS) is 1. The van der Waals surface area contributed by atoms with E-state index in [9.17, 15) is 9.90 Å². The number of nitrogens with zero attached hydrogens (tertiary/aromatic N) is 1. The van der Waals surface area contributed by atoms with Crippen molar-refractivity contribution in [2.45, 2.75) is 13.0 Å². The smallest absolute Gasteiger partial charge is 0.354 e. The zero-order valence-electron chi connectivity index (χ0n) is 14.3. The Labute approximate surface area is 156 Å². The van der Waals surface area contributed by atoms with Gasteiger partial charge >= 0.3 is 5.97 Å². The van der Waals surface area contributed by atoms with Crippen LogP contribution in [-0.4, -0.2) is 23.2 Å². The Morgan fingerprint density at radius 3 is 2.58 bits per heavy atom. The molecule has 0 bridgehead atoms. The van der Waals surface area contributed by atoms with Crippen molar-refractivity contribution in [3.8, 4) is 0 Å². The molecule has 6 nitrogen and oxygen atoms in total. The summed E-state index contributed by atoms with van der Waals surface area (Å²) in [5.74, 6) is -0.730. The van der Waals surface area contributed by atoms with Crippen LogP contribution in [0.4, 0.5) is 5.69 Å². The van der Waals surface area contributed by atoms with Crippen LogP contribution in [0.15, 0.2) is 70.8 Å². The standard InChI is InChI=1S/C19H18ClN3O3/c1-11(26-2)15(20)17-18(19(24)25)22-13-8-4-3-7-12(13)16(23-17)14-9-5-6-10-21-14/h3-10,16,22-23H,1-2H3,(H,24,25)/b15-11-. The Kier molecular flexibility index (Phi) is 5.14. The number of aliphatic carboxylic acids is 1. The summed E-state index contributed by atoms with van der Waals surface area (Å²) in [6, 6.07) is 12.7. The average molecular weight is 372 g/mol. The first-order valence-electron chi connectivity index (χ1n) is 7.94. The number of rotatable bonds is 4. The molecule has 1 aliphatic heterocycles. The first-order chi connectivity index (χ1) is 12.5. The highest BCUT2D eigenvalue weighted by atomic mass is 35.5. The van der Waals surface area contributed by atoms with Crippen molar-refractivity contribution >= 4 is 23.3 Å². The minimum atomic E-state index is -1.13. The largest absolute Gasteiger partial charge is 0.500 e. The van der Waals surface area contributed by atoms with Crippen LogP contribution < -0.4 is 10.6 Å². The molecule has 0 saturated heterocycles. The quantitative estimate of drug-likeness (QED) is 0.712. The van der Waals surface area contributed by atoms with E-state index in [0.29, 0.717) is 11.4 Å². The number of nitrogens with one attached hydrogen (secondary N) is 2. The molecule has 0 amide bonds. The van der Waals surface area contributed by atoms with Crippen LogP contribution >= 0.6 is 11.6 Å². The van der Waals surface area contributed by atoms with Gasteiger partial charge in [-0.25, -0.2) is 4.79 Å². The number of para-hydroxylation sites is 1. The van der Waals surface area contributed by atoms with E-state index >= 15 is 0 Å². The number of anilines is 1. The lowest BCUT2D eigenvalue weighted by Crippen LogP contribution is -2.25. The van der Waals surface area contributed by atoms with Crippen molar-refractivity contribution in [3.05, 3.63) is 82.1 Å². The zero-order chi connectivity index (χ0) is 18.7. The molecule has 3 rings (SSSR count). The number of aromatic nitrogens is 1. The Bertz CT molecular complexity index is 894. The second-order valence-corrected chi connectivity index (χ2v) is 6.05. The van der Waals surface area contributed by atoms with E-state index in [1.54, 1.807) is 13.1 Å². The van der Waals surface area contributed by atoms with E-state index in [0.717, 1.165) is 11.3 Å². The Morgan fingerprint density at radius 1 is 1.19 bits per heavy atom. The van der Waals surface area contributed by atoms with Crippen molar-refractivity contribution in [3.63, 3.8) is 0 Å². The van der Waals surface area contributed by atoms with Crippen LogP contribution in [0.5, 0.6) is 0 Å². The summed E-state index contributed by atoms with van der Waals surface area (Å²) in [6.45, 7) is 1.67. The molecule has 7 heteroatoms. The molecule has 1 aromatic heterocycles. The molecule has 0 saturated carbocycles. The molecular weight excluding hydrogens is 354 g/mol. The molecule has 1 aromatic carbocycles. The Balaban J connectivity index is 2.23. The minimum absolute atomic E-state index is 0.0581. The van der Waals surface area contributed by atoms with Crippen LogP contribution in [0.1, 0.15) is 24.2 Å². The molecule has 134 valence electrons. The monoisotopic (exact) mass is 371 g/mol. The number of allylic oxidation sites excluding steroid dienone is 2. The number of fused-ring (bicyclic) bond motifs is 1. The molecule has 1 unspecified atom stereocenters. The number of carbonyl (C=O) groups is 1. The molecule has 2 heterocycles. The van der Waals surface area contributed by atoms with E-state index < -0.39 is 5.97 Å². The average Bonchev–Trinajstić information content (AvgIpc) is 2.85. The molecule has 2 aromatic rings. The second-order valence-electron chi connectivity index (χ2n) is 5.67. The molecular formula is C19H18ClN3O3. The summed E-state index contributed by atoms with van der Waals surface area (Å²) in [4.78, 5) is 16.3. The number of methoxy groups -OCH3 is 1. The van der Waals surface area contributed by atoms with E-state index in [1.807, 2.05) is 42.5 Å². The third kappa shape index (κ3) is 3.36. The third-order valence-electron chi connectivity index (χ3n) is 4.10. The van der Waals surface area contributed by atoms with E-state index in [2.05, 4.69) is 15.6 Å². The molecule has 0 fully saturated rings. The molecule has 3 N–H and O–H groups in total. The van der Waals surface area contributed by atoms with E-state index in [4.69, 9.17) is 16.3 Å². The van der Waals surface area contributed by atoms with Gasteiger partial charge in [0.15, 0.2) is 0 Å². The van der Waals surface area contributed by atoms with Crippen LogP contribution in [0.2, 0.25) is 0 Å². The number of benzene rings is 1. The highest BCUT2D eigenvalue weighted by Crippen LogP contribution is 2.35. The molecule has 0 radical (unpaired) electrons. The molecule has 0 spiro atoms. The highest BCUT2D eigenvalue weighted by Gasteiger charge is 2.29. The maximum absolute atomic E-state index is 11.9. The number of pyridine rings is 1. The topological polar surface area (TPSA) is 83.5 Å². The summed E-state index contributed by atoms with van der Waals surface area (Å²) in [5, 5.41) is 16.1. The summed E-state index contributed by atoms with van der Waals surface area (Å²) in [7, 11) is 1.48. The van der Waals surface area contributed by atoms with E-state index in [1.165, 1.54) is 7.11 Å². The summed E-state index contributed by atoms with van der Waals surface area (Å²) >= 11 is 6.43. The Hall–Kier alpha value is -2.99. The lowest BCUT2D eigenvalue weighted by atomic mass is 10.0. The van der Waals surface area contributed by atoms with Crippen molar-refractivity contribution in [2.75, 3.05) is 12.4 Å². The van der Waals surface area contributed by atoms with Crippen LogP contribution in [0, 0.1) is 0 Å². The van der Waals surface area contributed by atoms with Gasteiger partial charge in [0.05, 0.1) is 24.5 Å². The maximum atomic E-state index is 11.9. The highest BCUT2D eigenvalue weighted by molar-refractivity contribution is 6.32. The van der Waals surface area contributed by atoms with Gasteiger partial charge in [-0.05, 0) is 25.1 Å². The number of carboxylic acids is 1. The van der Waals surface area contributed by atoms with E-state index in [-0.39, 0.29) is 22.5 Å². The summed E-state index contributed by atoms with van der Waals surface area (Å²) in [6.07, 6.45) is 1.69. The minimum Gasteiger partial charge on any atom is -0.500 e. The lowest BCUT2D eigenvalue weighted by Gasteiger charge is -2.21. The van der Waals surface area contributed by atoms with Crippen LogP contribution in [-0.2, 0) is 9.53 Å². The van der Waals surface area contributed by atoms with Crippen LogP contribution in [0.3, 0.4) is 0 Å². The first-order valence-corrected chi connectivity index (χ1v) is 8.32. The van der Waals surface area contributed by atoms with Gasteiger partial charge in [0.25, 0.3) is 0 Å². The van der Waals surface area contributed by atoms with Crippen molar-refractivity contribution in [1.82, 2.24) is 10.3 Å². The number of ether oxygens (including phenoxy) is 1. The number of hydrogen-bond donors (Lipinski definition) is 3. The lowest BCUT2D eigenvalue weighted by molar-refractivity contribution is -0.132. The van der Waals surface area contributed by atoms with Gasteiger partial charge in [-0.2, -0.15) is 0 Å². The van der Waals surface area contributed by atoms with Crippen LogP contribution in [0.25, 0.3) is 0 Å². The first kappa shape index (κ1) is 17.8. The summed E-state index contributed by atoms with van der Waals surface area (Å²) in [5.41, 5.74) is 2.45. The van der Waals surface area contributed by atoms with Gasteiger partial charge in [-0.1, -0.05) is 35.9 Å². The van der Waals surface area contributed by atoms with Gasteiger partial charge in [0.1, 0.15) is 16.5 Å². The van der Waals surface area contributed by atoms with Crippen molar-refractivity contribution < 1.29 is 14.6 Å². The molecule has 1 atom stereocenters. The predicted octanol–water partition coefficient (Wildman–Crippen LogP) is 3.60. The second kappa shape index (κ2) is 7.49. The predicted molar refractivity (Wildman–Crippen MR) is 99.5 cm³/mol. The normalized spacial score (nSPS) is 17.3. The van der Waals surface area contributed by atoms with Crippen molar-refractivity contribution in [1.29, 1.82) is 0 Å². The summed E-state index contributed by atoms with van der Waals surface area (Å²) < 4.78 is 5.19. The van der Waals surface area contributed by atoms with Crippen molar-refractivity contribution in [2.24, 2.45) is 0 Å². The number of halogens is 1. The fraction of sp³-hybridized carbons (Fsp3) is 0.158.